The molecule has 0 amide bonds. The molecule has 0 aliphatic carbocycles. The number of hydrogen-bond acceptors (Lipinski definition) is 4. The van der Waals surface area contributed by atoms with E-state index in [0.29, 0.717) is 0 Å². The fourth-order valence-corrected chi connectivity index (χ4v) is 4.14. The van der Waals surface area contributed by atoms with Gasteiger partial charge in [0.25, 0.3) is 15.9 Å². The van der Waals surface area contributed by atoms with Gasteiger partial charge in [-0.3, -0.25) is 0 Å². The Morgan fingerprint density at radius 2 is 1.86 bits per heavy atom. The van der Waals surface area contributed by atoms with Crippen LogP contribution in [0.5, 0.6) is 0 Å². The van der Waals surface area contributed by atoms with Crippen LogP contribution in [0.4, 0.5) is 8.78 Å². The fourth-order valence-electron chi connectivity index (χ4n) is 2.53. The number of halogens is 2. The van der Waals surface area contributed by atoms with E-state index in [0.717, 1.165) is 10.4 Å². The Kier molecular flexibility index (Phi) is 4.07. The molecule has 1 aliphatic heterocycles. The van der Waals surface area contributed by atoms with Crippen LogP contribution < -0.4 is 0 Å². The van der Waals surface area contributed by atoms with E-state index < -0.39 is 44.6 Å². The van der Waals surface area contributed by atoms with Crippen LogP contribution in [0.2, 0.25) is 0 Å². The highest BCUT2D eigenvalue weighted by Crippen LogP contribution is 2.39. The minimum atomic E-state index is -4.14. The lowest BCUT2D eigenvalue weighted by atomic mass is 9.88. The van der Waals surface area contributed by atoms with Gasteiger partial charge in [-0.05, 0) is 6.92 Å². The molecule has 1 aliphatic rings. The van der Waals surface area contributed by atoms with E-state index in [9.17, 15) is 22.0 Å². The molecule has 22 heavy (non-hydrogen) atoms. The van der Waals surface area contributed by atoms with Gasteiger partial charge in [0.1, 0.15) is 0 Å². The van der Waals surface area contributed by atoms with Crippen molar-refractivity contribution in [3.63, 3.8) is 0 Å². The molecule has 1 aromatic rings. The summed E-state index contributed by atoms with van der Waals surface area (Å²) in [6.07, 6.45) is 0. The van der Waals surface area contributed by atoms with Crippen LogP contribution in [0.1, 0.15) is 30.0 Å². The van der Waals surface area contributed by atoms with Crippen LogP contribution in [-0.4, -0.2) is 42.8 Å². The summed E-state index contributed by atoms with van der Waals surface area (Å²) in [4.78, 5) is 10.9. The van der Waals surface area contributed by atoms with Gasteiger partial charge < -0.3 is 9.52 Å². The Balaban J connectivity index is 2.36. The van der Waals surface area contributed by atoms with E-state index in [2.05, 4.69) is 0 Å². The number of aryl methyl sites for hydroxylation is 1. The third-order valence-corrected chi connectivity index (χ3v) is 5.64. The molecular weight excluding hydrogens is 320 g/mol. The highest BCUT2D eigenvalue weighted by atomic mass is 32.2. The lowest BCUT2D eigenvalue weighted by Crippen LogP contribution is -2.53. The van der Waals surface area contributed by atoms with Crippen molar-refractivity contribution in [1.82, 2.24) is 4.31 Å². The average Bonchev–Trinajstić information content (AvgIpc) is 2.78. The Morgan fingerprint density at radius 3 is 2.27 bits per heavy atom. The molecular formula is C13H17F2NO5S. The molecule has 0 spiro atoms. The van der Waals surface area contributed by atoms with Crippen LogP contribution in [-0.2, 0) is 10.0 Å². The van der Waals surface area contributed by atoms with Crippen molar-refractivity contribution in [3.8, 4) is 0 Å². The zero-order valence-electron chi connectivity index (χ0n) is 12.3. The highest BCUT2D eigenvalue weighted by molar-refractivity contribution is 7.89. The molecule has 9 heteroatoms. The number of furan rings is 1. The second-order valence-electron chi connectivity index (χ2n) is 5.68. The predicted molar refractivity (Wildman–Crippen MR) is 72.4 cm³/mol. The van der Waals surface area contributed by atoms with Gasteiger partial charge in [-0.2, -0.15) is 4.31 Å². The van der Waals surface area contributed by atoms with Crippen LogP contribution >= 0.6 is 0 Å². The Labute approximate surface area is 126 Å². The van der Waals surface area contributed by atoms with E-state index >= 15 is 0 Å². The van der Waals surface area contributed by atoms with Crippen LogP contribution in [0.25, 0.3) is 0 Å². The molecule has 2 rings (SSSR count). The molecule has 1 aromatic heterocycles. The van der Waals surface area contributed by atoms with Gasteiger partial charge >= 0.3 is 5.97 Å². The molecule has 6 nitrogen and oxygen atoms in total. The van der Waals surface area contributed by atoms with Gasteiger partial charge in [0.15, 0.2) is 0 Å². The zero-order chi connectivity index (χ0) is 16.9. The first-order chi connectivity index (χ1) is 9.97. The van der Waals surface area contributed by atoms with E-state index in [1.54, 1.807) is 0 Å². The number of rotatable bonds is 3. The van der Waals surface area contributed by atoms with E-state index in [-0.39, 0.29) is 18.7 Å². The molecule has 1 fully saturated rings. The maximum atomic E-state index is 13.8. The van der Waals surface area contributed by atoms with Crippen LogP contribution in [0, 0.1) is 18.8 Å². The second-order valence-corrected chi connectivity index (χ2v) is 7.55. The first-order valence-corrected chi connectivity index (χ1v) is 8.13. The largest absolute Gasteiger partial charge is 0.475 e. The molecule has 2 unspecified atom stereocenters. The Bertz CT molecular complexity index is 683. The quantitative estimate of drug-likeness (QED) is 0.913. The summed E-state index contributed by atoms with van der Waals surface area (Å²) < 4.78 is 58.4. The molecule has 0 aromatic carbocycles. The summed E-state index contributed by atoms with van der Waals surface area (Å²) in [6, 6.07) is 1.10. The average molecular weight is 337 g/mol. The predicted octanol–water partition coefficient (Wildman–Crippen LogP) is 2.20. The molecule has 124 valence electrons. The number of hydrogen-bond donors (Lipinski definition) is 1. The van der Waals surface area contributed by atoms with Gasteiger partial charge in [-0.1, -0.05) is 13.8 Å². The van der Waals surface area contributed by atoms with E-state index in [4.69, 9.17) is 9.52 Å². The summed E-state index contributed by atoms with van der Waals surface area (Å²) in [7, 11) is -4.14. The number of carbonyl (C=O) groups is 1. The first-order valence-electron chi connectivity index (χ1n) is 6.69. The minimum Gasteiger partial charge on any atom is -0.475 e. The Hall–Kier alpha value is -1.48. The summed E-state index contributed by atoms with van der Waals surface area (Å²) >= 11 is 0. The number of carboxylic acid groups (broad SMARTS) is 1. The lowest BCUT2D eigenvalue weighted by molar-refractivity contribution is -0.126. The third kappa shape index (κ3) is 2.63. The number of aromatic carboxylic acids is 1. The summed E-state index contributed by atoms with van der Waals surface area (Å²) in [5, 5.41) is 8.37. The number of alkyl halides is 2. The van der Waals surface area contributed by atoms with Gasteiger partial charge in [0.05, 0.1) is 0 Å². The molecule has 0 saturated carbocycles. The number of carboxylic acids is 1. The molecule has 0 bridgehead atoms. The zero-order valence-corrected chi connectivity index (χ0v) is 13.2. The smallest absolute Gasteiger partial charge is 0.372 e. The lowest BCUT2D eigenvalue weighted by Gasteiger charge is -2.39. The van der Waals surface area contributed by atoms with Crippen molar-refractivity contribution < 1.29 is 31.5 Å². The number of piperidine rings is 1. The van der Waals surface area contributed by atoms with Gasteiger partial charge in [0.2, 0.25) is 10.9 Å². The van der Waals surface area contributed by atoms with Gasteiger partial charge in [-0.15, -0.1) is 0 Å². The van der Waals surface area contributed by atoms with Crippen LogP contribution in [0.3, 0.4) is 0 Å². The maximum Gasteiger partial charge on any atom is 0.372 e. The molecule has 1 N–H and O–H groups in total. The van der Waals surface area contributed by atoms with Crippen molar-refractivity contribution >= 4 is 16.0 Å². The second kappa shape index (κ2) is 5.31. The Morgan fingerprint density at radius 1 is 1.36 bits per heavy atom. The minimum absolute atomic E-state index is 0.162. The number of sulfonamides is 1. The fraction of sp³-hybridized carbons (Fsp3) is 0.615. The normalized spacial score (nSPS) is 26.0. The number of nitrogens with zero attached hydrogens (tertiary/aromatic N) is 1. The first kappa shape index (κ1) is 16.9. The summed E-state index contributed by atoms with van der Waals surface area (Å²) in [5.74, 6) is -7.08. The van der Waals surface area contributed by atoms with Crippen molar-refractivity contribution in [1.29, 1.82) is 0 Å². The highest BCUT2D eigenvalue weighted by Gasteiger charge is 2.50. The molecule has 0 radical (unpaired) electrons. The van der Waals surface area contributed by atoms with Crippen molar-refractivity contribution in [2.75, 3.05) is 13.1 Å². The SMILES string of the molecule is Cc1cc(S(=O)(=O)N2CC(C)C(F)(F)C(C)C2)oc1C(=O)O. The van der Waals surface area contributed by atoms with E-state index in [1.165, 1.54) is 20.8 Å². The molecule has 2 atom stereocenters. The third-order valence-electron chi connectivity index (χ3n) is 3.95. The molecule has 2 heterocycles. The summed E-state index contributed by atoms with van der Waals surface area (Å²) in [6.45, 7) is 3.29. The standard InChI is InChI=1S/C13H17F2NO5S/c1-7-4-10(21-11(7)12(17)18)22(19,20)16-5-8(2)13(14,15)9(3)6-16/h4,8-9H,5-6H2,1-3H3,(H,17,18). The van der Waals surface area contributed by atoms with Gasteiger partial charge in [0, 0.05) is 36.6 Å². The van der Waals surface area contributed by atoms with Crippen molar-refractivity contribution in [3.05, 3.63) is 17.4 Å². The maximum absolute atomic E-state index is 13.8. The van der Waals surface area contributed by atoms with E-state index in [1.807, 2.05) is 0 Å². The van der Waals surface area contributed by atoms with Crippen molar-refractivity contribution in [2.45, 2.75) is 31.8 Å². The van der Waals surface area contributed by atoms with Gasteiger partial charge in [-0.25, -0.2) is 22.0 Å². The van der Waals surface area contributed by atoms with Crippen molar-refractivity contribution in [2.24, 2.45) is 11.8 Å². The molecule has 1 saturated heterocycles. The topological polar surface area (TPSA) is 87.8 Å². The van der Waals surface area contributed by atoms with Crippen LogP contribution in [0.15, 0.2) is 15.6 Å². The summed E-state index contributed by atoms with van der Waals surface area (Å²) in [5.41, 5.74) is 0.162. The monoisotopic (exact) mass is 337 g/mol.